The second-order valence-corrected chi connectivity index (χ2v) is 9.29. The third-order valence-corrected chi connectivity index (χ3v) is 7.18. The third kappa shape index (κ3) is 3.07. The lowest BCUT2D eigenvalue weighted by molar-refractivity contribution is 1.17. The molecule has 0 bridgehead atoms. The quantitative estimate of drug-likeness (QED) is 0.233. The van der Waals surface area contributed by atoms with Crippen molar-refractivity contribution in [2.24, 2.45) is 0 Å². The maximum Gasteiger partial charge on any atom is 0.0652 e. The van der Waals surface area contributed by atoms with Gasteiger partial charge in [0.25, 0.3) is 0 Å². The molecule has 8 rings (SSSR count). The van der Waals surface area contributed by atoms with Gasteiger partial charge < -0.3 is 9.13 Å². The molecule has 2 heteroatoms. The van der Waals surface area contributed by atoms with Gasteiger partial charge in [-0.05, 0) is 59.6 Å². The normalized spacial score (nSPS) is 14.3. The minimum atomic E-state index is -0.412. The lowest BCUT2D eigenvalue weighted by Crippen LogP contribution is -1.95. The van der Waals surface area contributed by atoms with Gasteiger partial charge in [-0.3, -0.25) is 0 Å². The second kappa shape index (κ2) is 8.22. The maximum atomic E-state index is 9.61. The van der Waals surface area contributed by atoms with E-state index in [1.165, 1.54) is 0 Å². The van der Waals surface area contributed by atoms with Crippen molar-refractivity contribution in [1.82, 2.24) is 9.13 Å². The highest BCUT2D eigenvalue weighted by atomic mass is 15.0. The zero-order valence-corrected chi connectivity index (χ0v) is 20.2. The third-order valence-electron chi connectivity index (χ3n) is 7.18. The highest BCUT2D eigenvalue weighted by Crippen LogP contribution is 2.37. The Morgan fingerprint density at radius 3 is 1.71 bits per heavy atom. The monoisotopic (exact) mass is 491 g/mol. The predicted molar refractivity (Wildman–Crippen MR) is 161 cm³/mol. The summed E-state index contributed by atoms with van der Waals surface area (Å²) in [6, 6.07) is 31.1. The highest BCUT2D eigenvalue weighted by Gasteiger charge is 2.16. The molecule has 0 aliphatic heterocycles. The van der Waals surface area contributed by atoms with Gasteiger partial charge in [0.15, 0.2) is 0 Å². The average Bonchev–Trinajstić information content (AvgIpc) is 3.61. The fraction of sp³-hybridized carbons (Fsp3) is 0. The Hall–Kier alpha value is -5.08. The summed E-state index contributed by atoms with van der Waals surface area (Å²) >= 11 is 0. The van der Waals surface area contributed by atoms with Crippen LogP contribution in [0.5, 0.6) is 0 Å². The molecule has 8 aromatic rings. The van der Waals surface area contributed by atoms with Gasteiger partial charge >= 0.3 is 0 Å². The zero-order chi connectivity index (χ0) is 31.1. The standard InChI is InChI=1S/C36H24N2/c1-2-10-25(11-3-1)26-18-20-27(21-19-26)37-35-17-9-6-14-31(35)32-24-28(22-23-36(32)37)38-33-15-7-4-12-29(33)30-13-5-8-16-34(30)38/h1-24H/i6D,9D,14D,17D,22D,23D,24D. The number of fused-ring (bicyclic) bond motifs is 6. The summed E-state index contributed by atoms with van der Waals surface area (Å²) < 4.78 is 66.6. The molecule has 0 spiro atoms. The Kier molecular flexibility index (Phi) is 3.30. The van der Waals surface area contributed by atoms with E-state index in [2.05, 4.69) is 0 Å². The molecule has 0 saturated heterocycles. The first-order valence-electron chi connectivity index (χ1n) is 16.0. The highest BCUT2D eigenvalue weighted by molar-refractivity contribution is 6.12. The van der Waals surface area contributed by atoms with Crippen LogP contribution in [0.2, 0.25) is 0 Å². The molecule has 0 radical (unpaired) electrons. The fourth-order valence-electron chi connectivity index (χ4n) is 5.47. The summed E-state index contributed by atoms with van der Waals surface area (Å²) in [5, 5.41) is 2.26. The first-order valence-corrected chi connectivity index (χ1v) is 12.5. The molecule has 2 aromatic heterocycles. The smallest absolute Gasteiger partial charge is 0.0652 e. The number of hydrogen-bond acceptors (Lipinski definition) is 0. The molecule has 0 atom stereocenters. The summed E-state index contributed by atoms with van der Waals surface area (Å²) in [6.45, 7) is 0. The first kappa shape index (κ1) is 15.2. The van der Waals surface area contributed by atoms with Crippen molar-refractivity contribution < 1.29 is 9.60 Å². The van der Waals surface area contributed by atoms with Crippen LogP contribution >= 0.6 is 0 Å². The number of hydrogen-bond donors (Lipinski definition) is 0. The van der Waals surface area contributed by atoms with Crippen molar-refractivity contribution in [1.29, 1.82) is 0 Å². The van der Waals surface area contributed by atoms with Crippen LogP contribution in [0.25, 0.3) is 66.1 Å². The molecule has 0 amide bonds. The lowest BCUT2D eigenvalue weighted by Gasteiger charge is -2.11. The molecule has 2 nitrogen and oxygen atoms in total. The van der Waals surface area contributed by atoms with Gasteiger partial charge in [0, 0.05) is 32.9 Å². The van der Waals surface area contributed by atoms with Crippen LogP contribution in [0, 0.1) is 0 Å². The molecule has 178 valence electrons. The van der Waals surface area contributed by atoms with E-state index in [9.17, 15) is 4.11 Å². The van der Waals surface area contributed by atoms with E-state index < -0.39 is 12.1 Å². The van der Waals surface area contributed by atoms with Crippen molar-refractivity contribution in [3.05, 3.63) is 145 Å². The van der Waals surface area contributed by atoms with Gasteiger partial charge in [-0.15, -0.1) is 0 Å². The van der Waals surface area contributed by atoms with Crippen LogP contribution < -0.4 is 0 Å². The lowest BCUT2D eigenvalue weighted by atomic mass is 10.1. The molecule has 0 unspecified atom stereocenters. The van der Waals surface area contributed by atoms with E-state index in [0.29, 0.717) is 5.69 Å². The van der Waals surface area contributed by atoms with Crippen LogP contribution in [0.3, 0.4) is 0 Å². The van der Waals surface area contributed by atoms with Crippen LogP contribution in [0.15, 0.2) is 145 Å². The van der Waals surface area contributed by atoms with Crippen molar-refractivity contribution in [3.63, 3.8) is 0 Å². The molecule has 0 N–H and O–H groups in total. The van der Waals surface area contributed by atoms with Gasteiger partial charge in [0.2, 0.25) is 0 Å². The molecule has 0 fully saturated rings. The van der Waals surface area contributed by atoms with Gasteiger partial charge in [-0.25, -0.2) is 0 Å². The molecule has 0 aliphatic carbocycles. The minimum absolute atomic E-state index is 0.0767. The summed E-state index contributed by atoms with van der Waals surface area (Å²) in [4.78, 5) is 0. The topological polar surface area (TPSA) is 9.86 Å². The molecule has 38 heavy (non-hydrogen) atoms. The Morgan fingerprint density at radius 2 is 0.974 bits per heavy atom. The van der Waals surface area contributed by atoms with Crippen LogP contribution in [0.1, 0.15) is 9.60 Å². The van der Waals surface area contributed by atoms with Crippen molar-refractivity contribution in [2.45, 2.75) is 0 Å². The van der Waals surface area contributed by atoms with Crippen LogP contribution in [0.4, 0.5) is 0 Å². The van der Waals surface area contributed by atoms with E-state index in [1.54, 1.807) is 4.57 Å². The number of rotatable bonds is 3. The molecular weight excluding hydrogens is 460 g/mol. The van der Waals surface area contributed by atoms with Gasteiger partial charge in [-0.2, -0.15) is 0 Å². The molecular formula is C36H24N2. The Morgan fingerprint density at radius 1 is 0.395 bits per heavy atom. The number of benzene rings is 6. The summed E-state index contributed by atoms with van der Waals surface area (Å²) in [7, 11) is 0. The average molecular weight is 492 g/mol. The fourth-order valence-corrected chi connectivity index (χ4v) is 5.47. The summed E-state index contributed by atoms with van der Waals surface area (Å²) in [5.41, 5.74) is 4.67. The summed E-state index contributed by atoms with van der Waals surface area (Å²) in [6.07, 6.45) is 0. The van der Waals surface area contributed by atoms with E-state index >= 15 is 0 Å². The maximum absolute atomic E-state index is 9.61. The van der Waals surface area contributed by atoms with Gasteiger partial charge in [-0.1, -0.05) is 97.0 Å². The Balaban J connectivity index is 1.53. The van der Waals surface area contributed by atoms with Gasteiger partial charge in [0.05, 0.1) is 31.7 Å². The molecule has 6 aromatic carbocycles. The van der Waals surface area contributed by atoms with E-state index in [0.717, 1.165) is 32.9 Å². The van der Waals surface area contributed by atoms with Crippen molar-refractivity contribution in [3.8, 4) is 22.5 Å². The number of para-hydroxylation sites is 3. The second-order valence-electron chi connectivity index (χ2n) is 9.29. The Labute approximate surface area is 230 Å². The number of nitrogens with zero attached hydrogens (tertiary/aromatic N) is 2. The van der Waals surface area contributed by atoms with E-state index in [-0.39, 0.29) is 57.7 Å². The SMILES string of the molecule is [2H]c1c([2H])c([2H])c2c(c1[2H])c1c([2H])c(-n3c4ccccc4c4ccccc43)c([2H])c([2H])c1n2-c1ccc(-c2ccccc2)cc1. The van der Waals surface area contributed by atoms with Gasteiger partial charge in [0.1, 0.15) is 0 Å². The minimum Gasteiger partial charge on any atom is -0.309 e. The van der Waals surface area contributed by atoms with Crippen LogP contribution in [-0.2, 0) is 0 Å². The zero-order valence-electron chi connectivity index (χ0n) is 27.2. The predicted octanol–water partition coefficient (Wildman–Crippen LogP) is 9.55. The molecule has 2 heterocycles. The number of aromatic nitrogens is 2. The summed E-state index contributed by atoms with van der Waals surface area (Å²) in [5.74, 6) is 0. The van der Waals surface area contributed by atoms with E-state index in [1.807, 2.05) is 108 Å². The molecule has 0 saturated carbocycles. The Bertz CT molecular complexity index is 2440. The van der Waals surface area contributed by atoms with Crippen molar-refractivity contribution >= 4 is 43.6 Å². The largest absolute Gasteiger partial charge is 0.309 e. The van der Waals surface area contributed by atoms with Crippen molar-refractivity contribution in [2.75, 3.05) is 0 Å². The first-order chi connectivity index (χ1) is 21.8. The molecule has 0 aliphatic rings. The van der Waals surface area contributed by atoms with Crippen LogP contribution in [-0.4, -0.2) is 9.13 Å². The van der Waals surface area contributed by atoms with E-state index in [4.69, 9.17) is 5.48 Å².